The molecule has 3 heterocycles. The Balaban J connectivity index is 1.32. The number of hydrogen-bond acceptors (Lipinski definition) is 7. The molecule has 4 rings (SSSR count). The van der Waals surface area contributed by atoms with Gasteiger partial charge >= 0.3 is 0 Å². The van der Waals surface area contributed by atoms with Crippen LogP contribution in [0, 0.1) is 5.92 Å². The molecule has 0 saturated carbocycles. The van der Waals surface area contributed by atoms with Crippen LogP contribution in [0.25, 0.3) is 10.7 Å². The van der Waals surface area contributed by atoms with Gasteiger partial charge in [-0.2, -0.15) is 4.98 Å². The molecule has 30 heavy (non-hydrogen) atoms. The lowest BCUT2D eigenvalue weighted by Gasteiger charge is -2.30. The average molecular weight is 426 g/mol. The van der Waals surface area contributed by atoms with Gasteiger partial charge in [-0.3, -0.25) is 14.5 Å². The van der Waals surface area contributed by atoms with Gasteiger partial charge in [-0.05, 0) is 55.1 Å². The number of rotatable bonds is 6. The summed E-state index contributed by atoms with van der Waals surface area (Å²) in [6.07, 6.45) is 1.78. The molecule has 1 aliphatic heterocycles. The third kappa shape index (κ3) is 5.11. The Bertz CT molecular complexity index is 1000. The first-order chi connectivity index (χ1) is 14.6. The number of anilines is 2. The second-order valence-corrected chi connectivity index (χ2v) is 8.26. The van der Waals surface area contributed by atoms with Crippen LogP contribution in [0.3, 0.4) is 0 Å². The number of aromatic nitrogens is 2. The lowest BCUT2D eigenvalue weighted by molar-refractivity contribution is -0.121. The van der Waals surface area contributed by atoms with E-state index in [1.54, 1.807) is 35.6 Å². The van der Waals surface area contributed by atoms with E-state index in [2.05, 4.69) is 25.7 Å². The van der Waals surface area contributed by atoms with E-state index in [9.17, 15) is 9.59 Å². The van der Waals surface area contributed by atoms with Crippen LogP contribution in [-0.2, 0) is 16.1 Å². The van der Waals surface area contributed by atoms with E-state index in [0.29, 0.717) is 36.2 Å². The minimum Gasteiger partial charge on any atom is -0.338 e. The lowest BCUT2D eigenvalue weighted by Crippen LogP contribution is -2.40. The van der Waals surface area contributed by atoms with Crippen molar-refractivity contribution in [3.05, 3.63) is 47.7 Å². The summed E-state index contributed by atoms with van der Waals surface area (Å²) < 4.78 is 5.39. The van der Waals surface area contributed by atoms with Gasteiger partial charge < -0.3 is 15.2 Å². The van der Waals surface area contributed by atoms with E-state index >= 15 is 0 Å². The number of hydrogen-bond donors (Lipinski definition) is 2. The van der Waals surface area contributed by atoms with Gasteiger partial charge in [0.1, 0.15) is 0 Å². The highest BCUT2D eigenvalue weighted by Crippen LogP contribution is 2.24. The lowest BCUT2D eigenvalue weighted by atomic mass is 9.97. The largest absolute Gasteiger partial charge is 0.338 e. The highest BCUT2D eigenvalue weighted by Gasteiger charge is 2.27. The number of amides is 2. The summed E-state index contributed by atoms with van der Waals surface area (Å²) in [7, 11) is 0. The molecule has 1 aliphatic rings. The summed E-state index contributed by atoms with van der Waals surface area (Å²) in [5.74, 6) is 0.935. The molecule has 1 fully saturated rings. The maximum atomic E-state index is 12.7. The zero-order valence-corrected chi connectivity index (χ0v) is 17.4. The smallest absolute Gasteiger partial charge is 0.241 e. The number of carbonyl (C=O) groups excluding carboxylic acids is 2. The Hall–Kier alpha value is -3.04. The van der Waals surface area contributed by atoms with Crippen molar-refractivity contribution in [1.29, 1.82) is 0 Å². The third-order valence-corrected chi connectivity index (χ3v) is 5.78. The van der Waals surface area contributed by atoms with Crippen molar-refractivity contribution in [2.45, 2.75) is 26.3 Å². The van der Waals surface area contributed by atoms with Gasteiger partial charge in [0.15, 0.2) is 0 Å². The van der Waals surface area contributed by atoms with Crippen molar-refractivity contribution in [3.8, 4) is 10.7 Å². The zero-order valence-electron chi connectivity index (χ0n) is 16.6. The van der Waals surface area contributed by atoms with Gasteiger partial charge in [-0.25, -0.2) is 0 Å². The molecule has 8 nitrogen and oxygen atoms in total. The van der Waals surface area contributed by atoms with Gasteiger partial charge in [-0.15, -0.1) is 11.3 Å². The molecule has 1 unspecified atom stereocenters. The van der Waals surface area contributed by atoms with Crippen molar-refractivity contribution in [1.82, 2.24) is 15.0 Å². The van der Waals surface area contributed by atoms with Crippen LogP contribution in [0.1, 0.15) is 25.7 Å². The third-order valence-electron chi connectivity index (χ3n) is 4.92. The molecule has 156 valence electrons. The van der Waals surface area contributed by atoms with Crippen molar-refractivity contribution in [2.24, 2.45) is 5.92 Å². The molecular weight excluding hydrogens is 402 g/mol. The fourth-order valence-electron chi connectivity index (χ4n) is 3.51. The second-order valence-electron chi connectivity index (χ2n) is 7.31. The SMILES string of the molecule is CC(=O)Nc1ccc(NC(=O)C2CCCN(Cc3nc(-c4cccs4)no3)C2)cc1. The van der Waals surface area contributed by atoms with Gasteiger partial charge in [0.25, 0.3) is 0 Å². The molecular formula is C21H23N5O3S. The van der Waals surface area contributed by atoms with E-state index in [1.165, 1.54) is 6.92 Å². The summed E-state index contributed by atoms with van der Waals surface area (Å²) in [5, 5.41) is 11.7. The fourth-order valence-corrected chi connectivity index (χ4v) is 4.16. The molecule has 0 bridgehead atoms. The van der Waals surface area contributed by atoms with Crippen LogP contribution >= 0.6 is 11.3 Å². The molecule has 1 saturated heterocycles. The number of piperidine rings is 1. The van der Waals surface area contributed by atoms with Crippen LogP contribution < -0.4 is 10.6 Å². The highest BCUT2D eigenvalue weighted by molar-refractivity contribution is 7.13. The number of nitrogens with zero attached hydrogens (tertiary/aromatic N) is 3. The topological polar surface area (TPSA) is 100 Å². The Morgan fingerprint density at radius 2 is 1.97 bits per heavy atom. The monoisotopic (exact) mass is 425 g/mol. The van der Waals surface area contributed by atoms with Gasteiger partial charge in [0.2, 0.25) is 23.5 Å². The maximum Gasteiger partial charge on any atom is 0.241 e. The molecule has 2 N–H and O–H groups in total. The van der Waals surface area contributed by atoms with E-state index in [4.69, 9.17) is 4.52 Å². The summed E-state index contributed by atoms with van der Waals surface area (Å²) in [6.45, 7) is 3.54. The first-order valence-corrected chi connectivity index (χ1v) is 10.7. The predicted molar refractivity (Wildman–Crippen MR) is 115 cm³/mol. The Kier molecular flexibility index (Phi) is 6.20. The Morgan fingerprint density at radius 3 is 2.67 bits per heavy atom. The number of likely N-dealkylation sites (tertiary alicyclic amines) is 1. The molecule has 3 aromatic rings. The van der Waals surface area contributed by atoms with Crippen molar-refractivity contribution in [2.75, 3.05) is 23.7 Å². The maximum absolute atomic E-state index is 12.7. The Labute approximate surface area is 178 Å². The summed E-state index contributed by atoms with van der Waals surface area (Å²) >= 11 is 1.57. The van der Waals surface area contributed by atoms with Crippen LogP contribution in [0.4, 0.5) is 11.4 Å². The van der Waals surface area contributed by atoms with Gasteiger partial charge in [-0.1, -0.05) is 11.2 Å². The number of nitrogens with one attached hydrogen (secondary N) is 2. The summed E-state index contributed by atoms with van der Waals surface area (Å²) in [6, 6.07) is 11.0. The molecule has 9 heteroatoms. The zero-order chi connectivity index (χ0) is 20.9. The molecule has 0 aliphatic carbocycles. The first kappa shape index (κ1) is 20.2. The van der Waals surface area contributed by atoms with Crippen LogP contribution in [0.15, 0.2) is 46.3 Å². The molecule has 2 aromatic heterocycles. The van der Waals surface area contributed by atoms with Gasteiger partial charge in [0, 0.05) is 24.8 Å². The summed E-state index contributed by atoms with van der Waals surface area (Å²) in [4.78, 5) is 31.5. The minimum atomic E-state index is -0.127. The average Bonchev–Trinajstić information content (AvgIpc) is 3.41. The summed E-state index contributed by atoms with van der Waals surface area (Å²) in [5.41, 5.74) is 1.41. The van der Waals surface area contributed by atoms with Gasteiger partial charge in [0.05, 0.1) is 17.3 Å². The quantitative estimate of drug-likeness (QED) is 0.626. The number of carbonyl (C=O) groups is 2. The van der Waals surface area contributed by atoms with Crippen LogP contribution in [0.5, 0.6) is 0 Å². The predicted octanol–water partition coefficient (Wildman–Crippen LogP) is 3.61. The van der Waals surface area contributed by atoms with Crippen molar-refractivity contribution < 1.29 is 14.1 Å². The highest BCUT2D eigenvalue weighted by atomic mass is 32.1. The second kappa shape index (κ2) is 9.19. The molecule has 1 atom stereocenters. The minimum absolute atomic E-state index is 0.00298. The first-order valence-electron chi connectivity index (χ1n) is 9.84. The molecule has 0 spiro atoms. The van der Waals surface area contributed by atoms with Crippen LogP contribution in [-0.4, -0.2) is 39.9 Å². The fraction of sp³-hybridized carbons (Fsp3) is 0.333. The van der Waals surface area contributed by atoms with Crippen molar-refractivity contribution >= 4 is 34.5 Å². The van der Waals surface area contributed by atoms with Crippen LogP contribution in [0.2, 0.25) is 0 Å². The normalized spacial score (nSPS) is 16.9. The molecule has 0 radical (unpaired) electrons. The standard InChI is InChI=1S/C21H23N5O3S/c1-14(27)22-16-6-8-17(9-7-16)23-21(28)15-4-2-10-26(12-15)13-19-24-20(25-29-19)18-5-3-11-30-18/h3,5-9,11,15H,2,4,10,12-13H2,1H3,(H,22,27)(H,23,28). The Morgan fingerprint density at radius 1 is 1.20 bits per heavy atom. The van der Waals surface area contributed by atoms with Crippen molar-refractivity contribution in [3.63, 3.8) is 0 Å². The number of benzene rings is 1. The van der Waals surface area contributed by atoms with E-state index < -0.39 is 0 Å². The van der Waals surface area contributed by atoms with E-state index in [0.717, 1.165) is 24.3 Å². The van der Waals surface area contributed by atoms with E-state index in [1.807, 2.05) is 17.5 Å². The molecule has 1 aromatic carbocycles. The van der Waals surface area contributed by atoms with E-state index in [-0.39, 0.29) is 17.7 Å². The molecule has 2 amide bonds. The number of thiophene rings is 1.